The molecule has 0 amide bonds. The molecule has 0 bridgehead atoms. The zero-order chi connectivity index (χ0) is 9.84. The first-order chi connectivity index (χ1) is 6.08. The van der Waals surface area contributed by atoms with Gasteiger partial charge in [0.2, 0.25) is 0 Å². The molecule has 74 valence electrons. The Bertz CT molecular complexity index is 212. The minimum Gasteiger partial charge on any atom is -0.458 e. The molecule has 2 N–H and O–H groups in total. The summed E-state index contributed by atoms with van der Waals surface area (Å²) < 4.78 is 4.89. The topological polar surface area (TPSA) is 66.8 Å². The van der Waals surface area contributed by atoms with Crippen molar-refractivity contribution in [2.75, 3.05) is 0 Å². The van der Waals surface area contributed by atoms with Crippen molar-refractivity contribution in [3.8, 4) is 0 Å². The fourth-order valence-electron chi connectivity index (χ4n) is 1.35. The number of aliphatic hydroxyl groups is 2. The lowest BCUT2D eigenvalue weighted by Crippen LogP contribution is -2.20. The Morgan fingerprint density at radius 1 is 1.38 bits per heavy atom. The number of esters is 1. The minimum absolute atomic E-state index is 0.300. The Morgan fingerprint density at radius 2 is 2.08 bits per heavy atom. The highest BCUT2D eigenvalue weighted by atomic mass is 16.5. The first-order valence-electron chi connectivity index (χ1n) is 4.29. The summed E-state index contributed by atoms with van der Waals surface area (Å²) in [6.07, 6.45) is 2.14. The summed E-state index contributed by atoms with van der Waals surface area (Å²) in [5.74, 6) is -0.377. The second-order valence-corrected chi connectivity index (χ2v) is 3.23. The fourth-order valence-corrected chi connectivity index (χ4v) is 1.35. The number of aliphatic hydroxyl groups excluding tert-OH is 2. The van der Waals surface area contributed by atoms with Crippen molar-refractivity contribution in [1.29, 1.82) is 0 Å². The van der Waals surface area contributed by atoms with Crippen LogP contribution in [0, 0.1) is 0 Å². The lowest BCUT2D eigenvalue weighted by molar-refractivity contribution is -0.145. The van der Waals surface area contributed by atoms with Crippen LogP contribution in [-0.4, -0.2) is 34.5 Å². The van der Waals surface area contributed by atoms with Gasteiger partial charge in [-0.15, -0.1) is 0 Å². The van der Waals surface area contributed by atoms with Crippen LogP contribution in [0.1, 0.15) is 19.8 Å². The van der Waals surface area contributed by atoms with E-state index in [0.717, 1.165) is 0 Å². The van der Waals surface area contributed by atoms with Gasteiger partial charge >= 0.3 is 5.97 Å². The van der Waals surface area contributed by atoms with Gasteiger partial charge < -0.3 is 14.9 Å². The average Bonchev–Trinajstić information content (AvgIpc) is 2.11. The van der Waals surface area contributed by atoms with Gasteiger partial charge in [0, 0.05) is 19.8 Å². The van der Waals surface area contributed by atoms with Crippen LogP contribution in [0.25, 0.3) is 0 Å². The minimum atomic E-state index is -0.643. The first kappa shape index (κ1) is 10.2. The molecule has 0 fully saturated rings. The van der Waals surface area contributed by atoms with Crippen LogP contribution in [0.3, 0.4) is 0 Å². The van der Waals surface area contributed by atoms with E-state index in [-0.39, 0.29) is 5.97 Å². The molecule has 0 heterocycles. The number of carbonyl (C=O) groups excluding carboxylic acids is 1. The van der Waals surface area contributed by atoms with Crippen LogP contribution < -0.4 is 0 Å². The van der Waals surface area contributed by atoms with Gasteiger partial charge in [-0.3, -0.25) is 4.79 Å². The Morgan fingerprint density at radius 3 is 2.69 bits per heavy atom. The van der Waals surface area contributed by atoms with Gasteiger partial charge in [0.1, 0.15) is 6.10 Å². The van der Waals surface area contributed by atoms with Crippen LogP contribution in [0.2, 0.25) is 0 Å². The molecule has 4 nitrogen and oxygen atoms in total. The van der Waals surface area contributed by atoms with Crippen molar-refractivity contribution >= 4 is 5.97 Å². The van der Waals surface area contributed by atoms with E-state index >= 15 is 0 Å². The maximum absolute atomic E-state index is 10.6. The van der Waals surface area contributed by atoms with Crippen LogP contribution in [-0.2, 0) is 9.53 Å². The molecule has 0 spiro atoms. The Balaban J connectivity index is 2.54. The van der Waals surface area contributed by atoms with Crippen LogP contribution >= 0.6 is 0 Å². The lowest BCUT2D eigenvalue weighted by atomic mass is 10.1. The number of hydrogen-bond donors (Lipinski definition) is 2. The molecule has 1 aliphatic carbocycles. The van der Waals surface area contributed by atoms with Crippen LogP contribution in [0.4, 0.5) is 0 Å². The summed E-state index contributed by atoms with van der Waals surface area (Å²) in [6, 6.07) is 0. The normalized spacial score (nSPS) is 33.9. The maximum Gasteiger partial charge on any atom is 0.303 e. The molecule has 13 heavy (non-hydrogen) atoms. The van der Waals surface area contributed by atoms with E-state index in [0.29, 0.717) is 12.8 Å². The molecule has 3 unspecified atom stereocenters. The highest BCUT2D eigenvalue weighted by Crippen LogP contribution is 2.15. The number of carbonyl (C=O) groups is 1. The lowest BCUT2D eigenvalue weighted by Gasteiger charge is -2.14. The van der Waals surface area contributed by atoms with Crippen molar-refractivity contribution in [2.24, 2.45) is 0 Å². The monoisotopic (exact) mass is 186 g/mol. The van der Waals surface area contributed by atoms with E-state index in [4.69, 9.17) is 4.74 Å². The van der Waals surface area contributed by atoms with E-state index in [1.54, 1.807) is 12.2 Å². The summed E-state index contributed by atoms with van der Waals surface area (Å²) >= 11 is 0. The van der Waals surface area contributed by atoms with Crippen molar-refractivity contribution in [2.45, 2.75) is 38.1 Å². The summed E-state index contributed by atoms with van der Waals surface area (Å²) in [5, 5.41) is 18.6. The number of rotatable bonds is 1. The SMILES string of the molecule is CC(=O)OC1C=CC(O)CC(O)C1. The van der Waals surface area contributed by atoms with Crippen LogP contribution in [0.15, 0.2) is 12.2 Å². The summed E-state index contributed by atoms with van der Waals surface area (Å²) in [6.45, 7) is 1.32. The van der Waals surface area contributed by atoms with E-state index < -0.39 is 18.3 Å². The Labute approximate surface area is 76.8 Å². The summed E-state index contributed by atoms with van der Waals surface area (Å²) in [4.78, 5) is 10.6. The molecule has 4 heteroatoms. The third-order valence-corrected chi connectivity index (χ3v) is 1.88. The fraction of sp³-hybridized carbons (Fsp3) is 0.667. The van der Waals surface area contributed by atoms with Gasteiger partial charge in [0.25, 0.3) is 0 Å². The molecule has 0 aromatic carbocycles. The Hall–Kier alpha value is -0.870. The van der Waals surface area contributed by atoms with Gasteiger partial charge in [0.15, 0.2) is 0 Å². The third kappa shape index (κ3) is 3.57. The molecule has 0 saturated carbocycles. The molecule has 1 rings (SSSR count). The number of ether oxygens (including phenoxy) is 1. The second-order valence-electron chi connectivity index (χ2n) is 3.23. The van der Waals surface area contributed by atoms with E-state index in [9.17, 15) is 15.0 Å². The van der Waals surface area contributed by atoms with Crippen LogP contribution in [0.5, 0.6) is 0 Å². The van der Waals surface area contributed by atoms with E-state index in [2.05, 4.69) is 0 Å². The molecule has 1 aliphatic rings. The average molecular weight is 186 g/mol. The van der Waals surface area contributed by atoms with Gasteiger partial charge in [-0.05, 0) is 6.08 Å². The molecular weight excluding hydrogens is 172 g/mol. The third-order valence-electron chi connectivity index (χ3n) is 1.88. The van der Waals surface area contributed by atoms with Crippen molar-refractivity contribution in [3.05, 3.63) is 12.2 Å². The second kappa shape index (κ2) is 4.39. The Kier molecular flexibility index (Phi) is 3.45. The summed E-state index contributed by atoms with van der Waals surface area (Å²) in [5.41, 5.74) is 0. The largest absolute Gasteiger partial charge is 0.458 e. The van der Waals surface area contributed by atoms with Crippen molar-refractivity contribution < 1.29 is 19.7 Å². The van der Waals surface area contributed by atoms with Gasteiger partial charge in [-0.25, -0.2) is 0 Å². The molecular formula is C9H14O4. The zero-order valence-electron chi connectivity index (χ0n) is 7.51. The number of hydrogen-bond acceptors (Lipinski definition) is 4. The maximum atomic E-state index is 10.6. The molecule has 0 aromatic rings. The molecule has 0 aliphatic heterocycles. The highest BCUT2D eigenvalue weighted by molar-refractivity contribution is 5.66. The quantitative estimate of drug-likeness (QED) is 0.446. The standard InChI is InChI=1S/C9H14O4/c1-6(10)13-9-3-2-7(11)4-8(12)5-9/h2-3,7-9,11-12H,4-5H2,1H3. The molecule has 0 saturated heterocycles. The van der Waals surface area contributed by atoms with E-state index in [1.807, 2.05) is 0 Å². The molecule has 3 atom stereocenters. The van der Waals surface area contributed by atoms with Gasteiger partial charge in [-0.2, -0.15) is 0 Å². The summed E-state index contributed by atoms with van der Waals surface area (Å²) in [7, 11) is 0. The molecule has 0 aromatic heterocycles. The predicted molar refractivity (Wildman–Crippen MR) is 45.9 cm³/mol. The highest BCUT2D eigenvalue weighted by Gasteiger charge is 2.20. The van der Waals surface area contributed by atoms with Crippen molar-refractivity contribution in [1.82, 2.24) is 0 Å². The van der Waals surface area contributed by atoms with Crippen molar-refractivity contribution in [3.63, 3.8) is 0 Å². The molecule has 0 radical (unpaired) electrons. The van der Waals surface area contributed by atoms with Gasteiger partial charge in [-0.1, -0.05) is 6.08 Å². The van der Waals surface area contributed by atoms with Gasteiger partial charge in [0.05, 0.1) is 12.2 Å². The zero-order valence-corrected chi connectivity index (χ0v) is 7.51. The first-order valence-corrected chi connectivity index (χ1v) is 4.29. The van der Waals surface area contributed by atoms with E-state index in [1.165, 1.54) is 6.92 Å². The predicted octanol–water partition coefficient (Wildman–Crippen LogP) is -0.0101. The smallest absolute Gasteiger partial charge is 0.303 e.